The van der Waals surface area contributed by atoms with Crippen molar-refractivity contribution in [3.05, 3.63) is 45.4 Å². The van der Waals surface area contributed by atoms with Gasteiger partial charge in [-0.2, -0.15) is 0 Å². The van der Waals surface area contributed by atoms with Crippen LogP contribution in [0.1, 0.15) is 32.4 Å². The maximum Gasteiger partial charge on any atom is 0.253 e. The van der Waals surface area contributed by atoms with E-state index in [0.717, 1.165) is 42.2 Å². The third-order valence-corrected chi connectivity index (χ3v) is 5.98. The second-order valence-corrected chi connectivity index (χ2v) is 7.62. The number of anilines is 1. The number of benzene rings is 1. The molecule has 0 unspecified atom stereocenters. The molecule has 0 atom stereocenters. The highest BCUT2D eigenvalue weighted by Crippen LogP contribution is 2.27. The van der Waals surface area contributed by atoms with Crippen molar-refractivity contribution in [2.75, 3.05) is 37.7 Å². The molecule has 1 aliphatic heterocycles. The van der Waals surface area contributed by atoms with E-state index in [9.17, 15) is 4.79 Å². The summed E-state index contributed by atoms with van der Waals surface area (Å²) in [5.74, 6) is -0.00816. The molecule has 1 aromatic heterocycles. The van der Waals surface area contributed by atoms with Gasteiger partial charge in [0, 0.05) is 36.6 Å². The molecule has 2 aliphatic rings. The Labute approximate surface area is 152 Å². The zero-order valence-corrected chi connectivity index (χ0v) is 15.1. The molecule has 1 fully saturated rings. The van der Waals surface area contributed by atoms with Crippen LogP contribution in [0.2, 0.25) is 0 Å². The molecule has 2 aromatic rings. The number of nitrogens with zero attached hydrogens (tertiary/aromatic N) is 2. The van der Waals surface area contributed by atoms with Crippen LogP contribution in [0.5, 0.6) is 0 Å². The fourth-order valence-electron chi connectivity index (χ4n) is 3.47. The number of para-hydroxylation sites is 1. The van der Waals surface area contributed by atoms with Crippen molar-refractivity contribution in [1.82, 2.24) is 10.3 Å². The number of morpholine rings is 1. The lowest BCUT2D eigenvalue weighted by molar-refractivity contribution is 0.0952. The molecule has 1 saturated heterocycles. The van der Waals surface area contributed by atoms with E-state index in [-0.39, 0.29) is 5.91 Å². The lowest BCUT2D eigenvalue weighted by Gasteiger charge is -2.30. The second-order valence-electron chi connectivity index (χ2n) is 6.45. The Morgan fingerprint density at radius 2 is 2.08 bits per heavy atom. The van der Waals surface area contributed by atoms with Crippen LogP contribution in [0.15, 0.2) is 24.3 Å². The van der Waals surface area contributed by atoms with Gasteiger partial charge in [0.25, 0.3) is 5.91 Å². The molecule has 6 heteroatoms. The molecule has 1 aromatic carbocycles. The van der Waals surface area contributed by atoms with Gasteiger partial charge in [0.15, 0.2) is 0 Å². The lowest BCUT2D eigenvalue weighted by atomic mass is 10.1. The van der Waals surface area contributed by atoms with Crippen molar-refractivity contribution in [2.45, 2.75) is 25.7 Å². The number of ether oxygens (including phenoxy) is 1. The summed E-state index contributed by atoms with van der Waals surface area (Å²) in [7, 11) is 0. The molecule has 0 spiro atoms. The molecular weight excluding hydrogens is 334 g/mol. The summed E-state index contributed by atoms with van der Waals surface area (Å²) >= 11 is 1.81. The number of aromatic nitrogens is 1. The van der Waals surface area contributed by atoms with Gasteiger partial charge in [-0.25, -0.2) is 4.98 Å². The predicted molar refractivity (Wildman–Crippen MR) is 99.7 cm³/mol. The van der Waals surface area contributed by atoms with E-state index in [1.165, 1.54) is 23.4 Å². The molecule has 5 nitrogen and oxygen atoms in total. The largest absolute Gasteiger partial charge is 0.378 e. The van der Waals surface area contributed by atoms with Gasteiger partial charge in [0.2, 0.25) is 0 Å². The Bertz CT molecular complexity index is 731. The highest BCUT2D eigenvalue weighted by molar-refractivity contribution is 7.11. The average molecular weight is 357 g/mol. The summed E-state index contributed by atoms with van der Waals surface area (Å²) in [5, 5.41) is 4.21. The first-order chi connectivity index (χ1) is 12.3. The molecular formula is C19H23N3O2S. The maximum absolute atomic E-state index is 12.7. The molecule has 1 N–H and O–H groups in total. The normalized spacial score (nSPS) is 16.7. The third kappa shape index (κ3) is 3.70. The molecule has 0 radical (unpaired) electrons. The van der Waals surface area contributed by atoms with Crippen LogP contribution in [-0.2, 0) is 24.0 Å². The summed E-state index contributed by atoms with van der Waals surface area (Å²) in [5.41, 5.74) is 3.02. The second kappa shape index (κ2) is 7.54. The van der Waals surface area contributed by atoms with Crippen LogP contribution in [0.3, 0.4) is 0 Å². The number of thiazole rings is 1. The minimum atomic E-state index is -0.00816. The Morgan fingerprint density at radius 3 is 2.92 bits per heavy atom. The number of fused-ring (bicyclic) bond motifs is 1. The Kier molecular flexibility index (Phi) is 4.99. The van der Waals surface area contributed by atoms with E-state index in [1.807, 2.05) is 35.6 Å². The Hall–Kier alpha value is -1.92. The first-order valence-corrected chi connectivity index (χ1v) is 9.80. The Morgan fingerprint density at radius 1 is 1.24 bits per heavy atom. The quantitative estimate of drug-likeness (QED) is 0.893. The van der Waals surface area contributed by atoms with Gasteiger partial charge in [0.05, 0.1) is 29.5 Å². The molecule has 0 bridgehead atoms. The van der Waals surface area contributed by atoms with Gasteiger partial charge < -0.3 is 15.0 Å². The third-order valence-electron chi connectivity index (χ3n) is 4.76. The molecule has 0 saturated carbocycles. The molecule has 132 valence electrons. The number of hydrogen-bond acceptors (Lipinski definition) is 5. The molecule has 1 amide bonds. The van der Waals surface area contributed by atoms with Crippen molar-refractivity contribution < 1.29 is 9.53 Å². The SMILES string of the molecule is O=C(NCCc1nc2c(s1)CCC2)c1ccccc1N1CCOCC1. The van der Waals surface area contributed by atoms with E-state index in [4.69, 9.17) is 9.72 Å². The fourth-order valence-corrected chi connectivity index (χ4v) is 4.63. The minimum absolute atomic E-state index is 0.00816. The standard InChI is InChI=1S/C19H23N3O2S/c23-19(20-9-8-18-21-15-5-3-7-17(15)25-18)14-4-1-2-6-16(14)22-10-12-24-13-11-22/h1-2,4,6H,3,5,7-13H2,(H,20,23). The number of hydrogen-bond donors (Lipinski definition) is 1. The highest BCUT2D eigenvalue weighted by atomic mass is 32.1. The summed E-state index contributed by atoms with van der Waals surface area (Å²) < 4.78 is 5.41. The van der Waals surface area contributed by atoms with E-state index >= 15 is 0 Å². The topological polar surface area (TPSA) is 54.5 Å². The fraction of sp³-hybridized carbons (Fsp3) is 0.474. The first kappa shape index (κ1) is 16.5. The average Bonchev–Trinajstić information content (AvgIpc) is 3.24. The Balaban J connectivity index is 1.37. The highest BCUT2D eigenvalue weighted by Gasteiger charge is 2.19. The van der Waals surface area contributed by atoms with Crippen LogP contribution < -0.4 is 10.2 Å². The maximum atomic E-state index is 12.7. The predicted octanol–water partition coefficient (Wildman–Crippen LogP) is 2.44. The van der Waals surface area contributed by atoms with Gasteiger partial charge in [-0.1, -0.05) is 12.1 Å². The van der Waals surface area contributed by atoms with Crippen LogP contribution in [0.4, 0.5) is 5.69 Å². The summed E-state index contributed by atoms with van der Waals surface area (Å²) in [6, 6.07) is 7.83. The monoisotopic (exact) mass is 357 g/mol. The molecule has 25 heavy (non-hydrogen) atoms. The van der Waals surface area contributed by atoms with E-state index in [2.05, 4.69) is 10.2 Å². The van der Waals surface area contributed by atoms with Gasteiger partial charge in [-0.15, -0.1) is 11.3 Å². The zero-order valence-electron chi connectivity index (χ0n) is 14.3. The van der Waals surface area contributed by atoms with Crippen LogP contribution in [0.25, 0.3) is 0 Å². The van der Waals surface area contributed by atoms with Crippen molar-refractivity contribution in [2.24, 2.45) is 0 Å². The number of carbonyl (C=O) groups excluding carboxylic acids is 1. The van der Waals surface area contributed by atoms with Gasteiger partial charge in [-0.05, 0) is 31.4 Å². The number of carbonyl (C=O) groups is 1. The smallest absolute Gasteiger partial charge is 0.253 e. The first-order valence-electron chi connectivity index (χ1n) is 8.98. The zero-order chi connectivity index (χ0) is 17.1. The number of rotatable bonds is 5. The van der Waals surface area contributed by atoms with Crippen molar-refractivity contribution in [1.29, 1.82) is 0 Å². The molecule has 1 aliphatic carbocycles. The number of amides is 1. The number of aryl methyl sites for hydroxylation is 2. The van der Waals surface area contributed by atoms with E-state index in [1.54, 1.807) is 0 Å². The van der Waals surface area contributed by atoms with Gasteiger partial charge in [-0.3, -0.25) is 4.79 Å². The summed E-state index contributed by atoms with van der Waals surface area (Å²) in [6.45, 7) is 3.71. The molecule has 2 heterocycles. The summed E-state index contributed by atoms with van der Waals surface area (Å²) in [4.78, 5) is 21.0. The minimum Gasteiger partial charge on any atom is -0.378 e. The van der Waals surface area contributed by atoms with Crippen LogP contribution >= 0.6 is 11.3 Å². The van der Waals surface area contributed by atoms with Crippen molar-refractivity contribution in [3.8, 4) is 0 Å². The summed E-state index contributed by atoms with van der Waals surface area (Å²) in [6.07, 6.45) is 4.34. The van der Waals surface area contributed by atoms with Gasteiger partial charge >= 0.3 is 0 Å². The molecule has 4 rings (SSSR count). The van der Waals surface area contributed by atoms with Gasteiger partial charge in [0.1, 0.15) is 0 Å². The van der Waals surface area contributed by atoms with E-state index < -0.39 is 0 Å². The number of nitrogens with one attached hydrogen (secondary N) is 1. The lowest BCUT2D eigenvalue weighted by Crippen LogP contribution is -2.38. The van der Waals surface area contributed by atoms with Crippen molar-refractivity contribution >= 4 is 22.9 Å². The van der Waals surface area contributed by atoms with Crippen LogP contribution in [0, 0.1) is 0 Å². The van der Waals surface area contributed by atoms with Crippen LogP contribution in [-0.4, -0.2) is 43.7 Å². The van der Waals surface area contributed by atoms with E-state index in [0.29, 0.717) is 19.8 Å². The van der Waals surface area contributed by atoms with Crippen molar-refractivity contribution in [3.63, 3.8) is 0 Å².